The number of benzene rings is 2. The fourth-order valence-corrected chi connectivity index (χ4v) is 2.85. The highest BCUT2D eigenvalue weighted by molar-refractivity contribution is 5.91. The molecule has 25 heavy (non-hydrogen) atoms. The Hall–Kier alpha value is -2.89. The molecule has 0 unspecified atom stereocenters. The van der Waals surface area contributed by atoms with Gasteiger partial charge in [0.15, 0.2) is 23.0 Å². The van der Waals surface area contributed by atoms with Crippen LogP contribution >= 0.6 is 0 Å². The largest absolute Gasteiger partial charge is 0.486 e. The van der Waals surface area contributed by atoms with Crippen LogP contribution in [0, 0.1) is 0 Å². The van der Waals surface area contributed by atoms with Crippen LogP contribution in [-0.2, 0) is 11.2 Å². The summed E-state index contributed by atoms with van der Waals surface area (Å²) in [4.78, 5) is 12.2. The number of hydrogen-bond acceptors (Lipinski definition) is 5. The third-order valence-corrected chi connectivity index (χ3v) is 4.07. The average molecular weight is 341 g/mol. The van der Waals surface area contributed by atoms with Crippen LogP contribution in [0.5, 0.6) is 23.0 Å². The molecule has 2 aliphatic heterocycles. The van der Waals surface area contributed by atoms with E-state index in [2.05, 4.69) is 5.32 Å². The second-order valence-electron chi connectivity index (χ2n) is 5.88. The number of hydrogen-bond donors (Lipinski definition) is 1. The van der Waals surface area contributed by atoms with Gasteiger partial charge in [0.25, 0.3) is 0 Å². The van der Waals surface area contributed by atoms with Crippen molar-refractivity contribution >= 4 is 11.6 Å². The van der Waals surface area contributed by atoms with Crippen LogP contribution < -0.4 is 24.3 Å². The first kappa shape index (κ1) is 15.6. The predicted molar refractivity (Wildman–Crippen MR) is 91.8 cm³/mol. The first-order valence-electron chi connectivity index (χ1n) is 8.36. The topological polar surface area (TPSA) is 66.0 Å². The van der Waals surface area contributed by atoms with E-state index in [1.54, 1.807) is 6.07 Å². The first-order chi connectivity index (χ1) is 12.3. The van der Waals surface area contributed by atoms with Crippen LogP contribution in [-0.4, -0.2) is 32.3 Å². The van der Waals surface area contributed by atoms with Gasteiger partial charge in [0.2, 0.25) is 5.91 Å². The standard InChI is InChI=1S/C19H19NO5/c21-19(20-14-3-5-16-18(12-14)25-10-8-23-16)6-2-13-1-4-15-17(11-13)24-9-7-22-15/h1,3-5,11-12H,2,6-10H2,(H,20,21). The Morgan fingerprint density at radius 1 is 0.800 bits per heavy atom. The predicted octanol–water partition coefficient (Wildman–Crippen LogP) is 2.80. The maximum absolute atomic E-state index is 12.2. The van der Waals surface area contributed by atoms with Gasteiger partial charge in [0, 0.05) is 18.2 Å². The summed E-state index contributed by atoms with van der Waals surface area (Å²) in [6, 6.07) is 11.2. The van der Waals surface area contributed by atoms with E-state index >= 15 is 0 Å². The minimum atomic E-state index is -0.0495. The van der Waals surface area contributed by atoms with E-state index in [0.29, 0.717) is 56.5 Å². The molecule has 4 rings (SSSR count). The van der Waals surface area contributed by atoms with E-state index in [-0.39, 0.29) is 5.91 Å². The molecule has 2 heterocycles. The Labute approximate surface area is 145 Å². The first-order valence-corrected chi connectivity index (χ1v) is 8.36. The molecule has 0 bridgehead atoms. The van der Waals surface area contributed by atoms with E-state index < -0.39 is 0 Å². The molecule has 0 atom stereocenters. The molecule has 0 radical (unpaired) electrons. The quantitative estimate of drug-likeness (QED) is 0.926. The molecule has 6 heteroatoms. The molecule has 2 aromatic carbocycles. The number of aryl methyl sites for hydroxylation is 1. The molecular weight excluding hydrogens is 322 g/mol. The molecule has 1 N–H and O–H groups in total. The van der Waals surface area contributed by atoms with Crippen LogP contribution in [0.3, 0.4) is 0 Å². The smallest absolute Gasteiger partial charge is 0.224 e. The SMILES string of the molecule is O=C(CCc1ccc2c(c1)OCCO2)Nc1ccc2c(c1)OCCO2. The van der Waals surface area contributed by atoms with E-state index in [4.69, 9.17) is 18.9 Å². The zero-order valence-corrected chi connectivity index (χ0v) is 13.7. The number of amides is 1. The van der Waals surface area contributed by atoms with Gasteiger partial charge >= 0.3 is 0 Å². The van der Waals surface area contributed by atoms with E-state index in [1.807, 2.05) is 30.3 Å². The van der Waals surface area contributed by atoms with Crippen molar-refractivity contribution in [3.63, 3.8) is 0 Å². The van der Waals surface area contributed by atoms with Gasteiger partial charge in [-0.3, -0.25) is 4.79 Å². The van der Waals surface area contributed by atoms with E-state index in [0.717, 1.165) is 17.1 Å². The highest BCUT2D eigenvalue weighted by atomic mass is 16.6. The van der Waals surface area contributed by atoms with Gasteiger partial charge in [0.05, 0.1) is 0 Å². The summed E-state index contributed by atoms with van der Waals surface area (Å²) in [5, 5.41) is 2.89. The second-order valence-corrected chi connectivity index (χ2v) is 5.88. The van der Waals surface area contributed by atoms with Crippen molar-refractivity contribution in [1.29, 1.82) is 0 Å². The zero-order chi connectivity index (χ0) is 17.1. The summed E-state index contributed by atoms with van der Waals surface area (Å²) < 4.78 is 22.1. The molecular formula is C19H19NO5. The lowest BCUT2D eigenvalue weighted by Gasteiger charge is -2.19. The molecule has 130 valence electrons. The van der Waals surface area contributed by atoms with E-state index in [1.165, 1.54) is 0 Å². The van der Waals surface area contributed by atoms with Crippen molar-refractivity contribution < 1.29 is 23.7 Å². The monoisotopic (exact) mass is 341 g/mol. The van der Waals surface area contributed by atoms with Crippen LogP contribution in [0.1, 0.15) is 12.0 Å². The number of ether oxygens (including phenoxy) is 4. The molecule has 0 aliphatic carbocycles. The summed E-state index contributed by atoms with van der Waals surface area (Å²) in [5.41, 5.74) is 1.75. The molecule has 0 aromatic heterocycles. The van der Waals surface area contributed by atoms with Crippen LogP contribution in [0.25, 0.3) is 0 Å². The summed E-state index contributed by atoms with van der Waals surface area (Å²) >= 11 is 0. The maximum atomic E-state index is 12.2. The van der Waals surface area contributed by atoms with Gasteiger partial charge < -0.3 is 24.3 Å². The lowest BCUT2D eigenvalue weighted by atomic mass is 10.1. The second kappa shape index (κ2) is 6.93. The summed E-state index contributed by atoms with van der Waals surface area (Å²) in [6.45, 7) is 2.20. The Balaban J connectivity index is 1.35. The number of carbonyl (C=O) groups excluding carboxylic acids is 1. The highest BCUT2D eigenvalue weighted by Crippen LogP contribution is 2.33. The van der Waals surface area contributed by atoms with Crippen LogP contribution in [0.15, 0.2) is 36.4 Å². The van der Waals surface area contributed by atoms with Crippen LogP contribution in [0.4, 0.5) is 5.69 Å². The van der Waals surface area contributed by atoms with E-state index in [9.17, 15) is 4.79 Å². The number of fused-ring (bicyclic) bond motifs is 2. The molecule has 0 fully saturated rings. The minimum Gasteiger partial charge on any atom is -0.486 e. The van der Waals surface area contributed by atoms with Gasteiger partial charge in [-0.1, -0.05) is 6.07 Å². The fraction of sp³-hybridized carbons (Fsp3) is 0.316. The summed E-state index contributed by atoms with van der Waals surface area (Å²) in [7, 11) is 0. The Morgan fingerprint density at radius 3 is 2.12 bits per heavy atom. The Bertz CT molecular complexity index is 789. The minimum absolute atomic E-state index is 0.0495. The molecule has 6 nitrogen and oxygen atoms in total. The highest BCUT2D eigenvalue weighted by Gasteiger charge is 2.14. The number of carbonyl (C=O) groups is 1. The van der Waals surface area contributed by atoms with Gasteiger partial charge in [-0.05, 0) is 36.2 Å². The third kappa shape index (κ3) is 3.63. The van der Waals surface area contributed by atoms with Gasteiger partial charge in [-0.25, -0.2) is 0 Å². The number of rotatable bonds is 4. The lowest BCUT2D eigenvalue weighted by molar-refractivity contribution is -0.116. The maximum Gasteiger partial charge on any atom is 0.224 e. The molecule has 2 aliphatic rings. The van der Waals surface area contributed by atoms with Crippen molar-refractivity contribution in [3.8, 4) is 23.0 Å². The average Bonchev–Trinajstić information content (AvgIpc) is 2.66. The summed E-state index contributed by atoms with van der Waals surface area (Å²) in [5.74, 6) is 2.83. The van der Waals surface area contributed by atoms with Crippen molar-refractivity contribution in [2.45, 2.75) is 12.8 Å². The lowest BCUT2D eigenvalue weighted by Crippen LogP contribution is -2.17. The molecule has 0 saturated heterocycles. The van der Waals surface area contributed by atoms with Gasteiger partial charge in [-0.2, -0.15) is 0 Å². The van der Waals surface area contributed by atoms with Crippen molar-refractivity contribution in [3.05, 3.63) is 42.0 Å². The zero-order valence-electron chi connectivity index (χ0n) is 13.7. The molecule has 2 aromatic rings. The Morgan fingerprint density at radius 2 is 1.40 bits per heavy atom. The number of nitrogens with one attached hydrogen (secondary N) is 1. The Kier molecular flexibility index (Phi) is 4.33. The van der Waals surface area contributed by atoms with Crippen molar-refractivity contribution in [1.82, 2.24) is 0 Å². The molecule has 1 amide bonds. The summed E-state index contributed by atoms with van der Waals surface area (Å²) in [6.07, 6.45) is 1.01. The normalized spacial score (nSPS) is 14.7. The van der Waals surface area contributed by atoms with Crippen LogP contribution in [0.2, 0.25) is 0 Å². The van der Waals surface area contributed by atoms with Crippen molar-refractivity contribution in [2.24, 2.45) is 0 Å². The molecule has 0 spiro atoms. The molecule has 0 saturated carbocycles. The van der Waals surface area contributed by atoms with Crippen molar-refractivity contribution in [2.75, 3.05) is 31.7 Å². The van der Waals surface area contributed by atoms with Gasteiger partial charge in [-0.15, -0.1) is 0 Å². The fourth-order valence-electron chi connectivity index (χ4n) is 2.85. The van der Waals surface area contributed by atoms with Gasteiger partial charge in [0.1, 0.15) is 26.4 Å². The third-order valence-electron chi connectivity index (χ3n) is 4.07. The number of anilines is 1.